The van der Waals surface area contributed by atoms with Crippen LogP contribution in [0.5, 0.6) is 5.75 Å². The van der Waals surface area contributed by atoms with Crippen LogP contribution in [-0.4, -0.2) is 54.6 Å². The monoisotopic (exact) mass is 293 g/mol. The normalized spacial score (nSPS) is 12.8. The molecule has 0 aliphatic carbocycles. The molecule has 4 nitrogen and oxygen atoms in total. The average molecular weight is 294 g/mol. The lowest BCUT2D eigenvalue weighted by atomic mass is 10.3. The lowest BCUT2D eigenvalue weighted by molar-refractivity contribution is 0.0711. The van der Waals surface area contributed by atoms with Crippen LogP contribution in [0.25, 0.3) is 0 Å². The van der Waals surface area contributed by atoms with E-state index >= 15 is 0 Å². The maximum Gasteiger partial charge on any atom is 0.156 e. The van der Waals surface area contributed by atoms with E-state index in [2.05, 4.69) is 0 Å². The summed E-state index contributed by atoms with van der Waals surface area (Å²) in [5, 5.41) is 19.3. The van der Waals surface area contributed by atoms with Crippen molar-refractivity contribution in [3.63, 3.8) is 0 Å². The van der Waals surface area contributed by atoms with Crippen LogP contribution in [-0.2, 0) is 0 Å². The number of aliphatic hydroxyl groups is 2. The molecule has 0 bridgehead atoms. The molecule has 1 rings (SSSR count). The second-order valence-corrected chi connectivity index (χ2v) is 4.82. The zero-order valence-electron chi connectivity index (χ0n) is 10.1. The molecule has 18 heavy (non-hydrogen) atoms. The van der Waals surface area contributed by atoms with Crippen molar-refractivity contribution in [3.05, 3.63) is 28.2 Å². The number of benzene rings is 1. The minimum Gasteiger partial charge on any atom is -0.488 e. The van der Waals surface area contributed by atoms with Crippen LogP contribution in [0, 0.1) is 0 Å². The van der Waals surface area contributed by atoms with Crippen molar-refractivity contribution in [2.45, 2.75) is 6.10 Å². The summed E-state index contributed by atoms with van der Waals surface area (Å²) in [5.74, 6) is 0.379. The Hall–Kier alpha value is -0.520. The Balaban J connectivity index is 2.45. The second kappa shape index (κ2) is 7.81. The van der Waals surface area contributed by atoms with Gasteiger partial charge in [0.05, 0.1) is 16.7 Å². The second-order valence-electron chi connectivity index (χ2n) is 4.00. The molecule has 0 amide bonds. The predicted molar refractivity (Wildman–Crippen MR) is 72.5 cm³/mol. The Bertz CT molecular complexity index is 356. The molecule has 1 atom stereocenters. The van der Waals surface area contributed by atoms with Crippen molar-refractivity contribution >= 4 is 23.2 Å². The topological polar surface area (TPSA) is 52.9 Å². The quantitative estimate of drug-likeness (QED) is 0.803. The number of nitrogens with zero attached hydrogens (tertiary/aromatic N) is 1. The molecule has 102 valence electrons. The standard InChI is InChI=1S/C12H17Cl2NO3/c1-15(5-6-16)7-9(17)8-18-12-10(13)3-2-4-11(12)14/h2-4,9,16-17H,5-8H2,1H3/t9-/m1/s1. The van der Waals surface area contributed by atoms with Gasteiger partial charge in [-0.05, 0) is 19.2 Å². The lowest BCUT2D eigenvalue weighted by Crippen LogP contribution is -2.34. The maximum atomic E-state index is 9.75. The molecule has 0 heterocycles. The predicted octanol–water partition coefficient (Wildman–Crippen LogP) is 1.66. The number of aliphatic hydroxyl groups excluding tert-OH is 2. The summed E-state index contributed by atoms with van der Waals surface area (Å²) in [6.07, 6.45) is -0.672. The fourth-order valence-corrected chi connectivity index (χ4v) is 1.98. The third-order valence-electron chi connectivity index (χ3n) is 2.34. The van der Waals surface area contributed by atoms with Gasteiger partial charge in [-0.2, -0.15) is 0 Å². The van der Waals surface area contributed by atoms with E-state index < -0.39 is 6.10 Å². The van der Waals surface area contributed by atoms with Crippen molar-refractivity contribution in [1.29, 1.82) is 0 Å². The molecule has 6 heteroatoms. The van der Waals surface area contributed by atoms with Crippen LogP contribution in [0.15, 0.2) is 18.2 Å². The Morgan fingerprint density at radius 1 is 1.33 bits per heavy atom. The van der Waals surface area contributed by atoms with E-state index in [-0.39, 0.29) is 13.2 Å². The molecule has 1 aromatic rings. The first kappa shape index (κ1) is 15.5. The highest BCUT2D eigenvalue weighted by molar-refractivity contribution is 6.37. The first-order chi connectivity index (χ1) is 8.54. The van der Waals surface area contributed by atoms with E-state index in [0.717, 1.165) is 0 Å². The van der Waals surface area contributed by atoms with Gasteiger partial charge in [-0.3, -0.25) is 0 Å². The summed E-state index contributed by atoms with van der Waals surface area (Å²) in [4.78, 5) is 1.81. The zero-order valence-corrected chi connectivity index (χ0v) is 11.7. The largest absolute Gasteiger partial charge is 0.488 e. The van der Waals surface area contributed by atoms with E-state index in [9.17, 15) is 5.11 Å². The summed E-state index contributed by atoms with van der Waals surface area (Å²) in [6.45, 7) is 1.06. The minimum absolute atomic E-state index is 0.0560. The van der Waals surface area contributed by atoms with Gasteiger partial charge in [-0.25, -0.2) is 0 Å². The number of rotatable bonds is 7. The molecule has 0 aliphatic rings. The number of likely N-dealkylation sites (N-methyl/N-ethyl adjacent to an activating group) is 1. The SMILES string of the molecule is CN(CCO)C[C@@H](O)COc1c(Cl)cccc1Cl. The summed E-state index contributed by atoms with van der Waals surface area (Å²) in [7, 11) is 1.81. The van der Waals surface area contributed by atoms with Crippen molar-refractivity contribution in [3.8, 4) is 5.75 Å². The molecule has 0 aliphatic heterocycles. The van der Waals surface area contributed by atoms with E-state index in [4.69, 9.17) is 33.0 Å². The number of hydrogen-bond donors (Lipinski definition) is 2. The van der Waals surface area contributed by atoms with Gasteiger partial charge in [-0.15, -0.1) is 0 Å². The van der Waals surface area contributed by atoms with Crippen LogP contribution in [0.3, 0.4) is 0 Å². The Morgan fingerprint density at radius 2 is 1.94 bits per heavy atom. The summed E-state index contributed by atoms with van der Waals surface area (Å²) in [6, 6.07) is 5.07. The minimum atomic E-state index is -0.672. The highest BCUT2D eigenvalue weighted by atomic mass is 35.5. The summed E-state index contributed by atoms with van der Waals surface area (Å²) < 4.78 is 5.41. The van der Waals surface area contributed by atoms with Crippen LogP contribution in [0.1, 0.15) is 0 Å². The third kappa shape index (κ3) is 5.00. The van der Waals surface area contributed by atoms with E-state index in [1.54, 1.807) is 18.2 Å². The Labute approximate surface area is 117 Å². The molecular formula is C12H17Cl2NO3. The van der Waals surface area contributed by atoms with Gasteiger partial charge in [0.2, 0.25) is 0 Å². The van der Waals surface area contributed by atoms with Crippen LogP contribution < -0.4 is 4.74 Å². The summed E-state index contributed by atoms with van der Waals surface area (Å²) >= 11 is 11.9. The molecule has 0 saturated carbocycles. The highest BCUT2D eigenvalue weighted by Crippen LogP contribution is 2.32. The fraction of sp³-hybridized carbons (Fsp3) is 0.500. The van der Waals surface area contributed by atoms with Gasteiger partial charge in [0, 0.05) is 13.1 Å². The Kier molecular flexibility index (Phi) is 6.75. The molecule has 2 N–H and O–H groups in total. The van der Waals surface area contributed by atoms with Crippen LogP contribution in [0.2, 0.25) is 10.0 Å². The van der Waals surface area contributed by atoms with Crippen molar-refractivity contribution < 1.29 is 14.9 Å². The maximum absolute atomic E-state index is 9.75. The number of para-hydroxylation sites is 1. The van der Waals surface area contributed by atoms with Gasteiger partial charge in [-0.1, -0.05) is 29.3 Å². The smallest absolute Gasteiger partial charge is 0.156 e. The number of ether oxygens (including phenoxy) is 1. The van der Waals surface area contributed by atoms with Crippen LogP contribution >= 0.6 is 23.2 Å². The molecular weight excluding hydrogens is 277 g/mol. The van der Waals surface area contributed by atoms with E-state index in [1.165, 1.54) is 0 Å². The fourth-order valence-electron chi connectivity index (χ4n) is 1.47. The van der Waals surface area contributed by atoms with Crippen molar-refractivity contribution in [1.82, 2.24) is 4.90 Å². The van der Waals surface area contributed by atoms with E-state index in [1.807, 2.05) is 11.9 Å². The van der Waals surface area contributed by atoms with Crippen LogP contribution in [0.4, 0.5) is 0 Å². The van der Waals surface area contributed by atoms with Gasteiger partial charge in [0.25, 0.3) is 0 Å². The summed E-state index contributed by atoms with van der Waals surface area (Å²) in [5.41, 5.74) is 0. The average Bonchev–Trinajstić information content (AvgIpc) is 2.28. The molecule has 0 spiro atoms. The lowest BCUT2D eigenvalue weighted by Gasteiger charge is -2.20. The van der Waals surface area contributed by atoms with Gasteiger partial charge >= 0.3 is 0 Å². The first-order valence-electron chi connectivity index (χ1n) is 5.59. The number of hydrogen-bond acceptors (Lipinski definition) is 4. The highest BCUT2D eigenvalue weighted by Gasteiger charge is 2.12. The molecule has 0 radical (unpaired) electrons. The van der Waals surface area contributed by atoms with Gasteiger partial charge < -0.3 is 19.8 Å². The van der Waals surface area contributed by atoms with Crippen molar-refractivity contribution in [2.75, 3.05) is 33.4 Å². The third-order valence-corrected chi connectivity index (χ3v) is 2.94. The van der Waals surface area contributed by atoms with Crippen molar-refractivity contribution in [2.24, 2.45) is 0 Å². The zero-order chi connectivity index (χ0) is 13.5. The molecule has 0 unspecified atom stereocenters. The molecule has 0 aromatic heterocycles. The molecule has 1 aromatic carbocycles. The first-order valence-corrected chi connectivity index (χ1v) is 6.34. The van der Waals surface area contributed by atoms with Gasteiger partial charge in [0.15, 0.2) is 5.75 Å². The van der Waals surface area contributed by atoms with E-state index in [0.29, 0.717) is 28.9 Å². The molecule has 0 fully saturated rings. The molecule has 0 saturated heterocycles. The Morgan fingerprint density at radius 3 is 2.50 bits per heavy atom. The number of halogens is 2. The van der Waals surface area contributed by atoms with Gasteiger partial charge in [0.1, 0.15) is 12.7 Å².